The van der Waals surface area contributed by atoms with E-state index >= 15 is 0 Å². The van der Waals surface area contributed by atoms with Crippen molar-refractivity contribution in [1.29, 1.82) is 0 Å². The lowest BCUT2D eigenvalue weighted by Crippen LogP contribution is -1.90. The van der Waals surface area contributed by atoms with Crippen molar-refractivity contribution in [3.63, 3.8) is 0 Å². The number of para-hydroxylation sites is 1. The third kappa shape index (κ3) is 2.52. The molecule has 6 rings (SSSR count). The number of aromatic nitrogens is 3. The number of pyridine rings is 2. The molecule has 0 amide bonds. The molecule has 0 spiro atoms. The zero-order valence-electron chi connectivity index (χ0n) is 15.6. The maximum Gasteiger partial charge on any atom is 0.0893 e. The van der Waals surface area contributed by atoms with Crippen LogP contribution >= 0.6 is 0 Å². The quantitative estimate of drug-likeness (QED) is 0.373. The Labute approximate surface area is 167 Å². The van der Waals surface area contributed by atoms with Gasteiger partial charge in [-0.25, -0.2) is 4.98 Å². The second kappa shape index (κ2) is 6.28. The van der Waals surface area contributed by atoms with Crippen LogP contribution in [0.25, 0.3) is 55.2 Å². The Kier molecular flexibility index (Phi) is 3.47. The summed E-state index contributed by atoms with van der Waals surface area (Å²) in [6.45, 7) is 0. The van der Waals surface area contributed by atoms with Gasteiger partial charge in [-0.2, -0.15) is 0 Å². The first kappa shape index (κ1) is 16.0. The Morgan fingerprint density at radius 1 is 0.586 bits per heavy atom. The average molecular weight is 371 g/mol. The van der Waals surface area contributed by atoms with Gasteiger partial charge in [-0.05, 0) is 41.1 Å². The summed E-state index contributed by atoms with van der Waals surface area (Å²) in [7, 11) is 0. The minimum atomic E-state index is 0.877. The number of H-pyrrole nitrogens is 1. The van der Waals surface area contributed by atoms with Crippen LogP contribution < -0.4 is 0 Å². The van der Waals surface area contributed by atoms with Gasteiger partial charge in [-0.1, -0.05) is 60.7 Å². The largest absolute Gasteiger partial charge is 0.354 e. The van der Waals surface area contributed by atoms with Crippen molar-refractivity contribution in [3.05, 3.63) is 97.2 Å². The highest BCUT2D eigenvalue weighted by molar-refractivity contribution is 6.22. The number of hydrogen-bond acceptors (Lipinski definition) is 2. The standard InChI is InChI=1S/C26H17N3/c1-2-8-18-17(7-1)14-15-24-25(18)20-10-5-9-19(26(20)29-24)21-12-6-13-23(28-21)22-11-3-4-16-27-22/h1-16,29H. The van der Waals surface area contributed by atoms with Crippen molar-refractivity contribution in [2.45, 2.75) is 0 Å². The van der Waals surface area contributed by atoms with Gasteiger partial charge in [0.25, 0.3) is 0 Å². The van der Waals surface area contributed by atoms with Gasteiger partial charge in [-0.15, -0.1) is 0 Å². The predicted molar refractivity (Wildman–Crippen MR) is 120 cm³/mol. The highest BCUT2D eigenvalue weighted by atomic mass is 14.8. The van der Waals surface area contributed by atoms with Crippen LogP contribution in [0.15, 0.2) is 97.2 Å². The van der Waals surface area contributed by atoms with E-state index in [9.17, 15) is 0 Å². The van der Waals surface area contributed by atoms with Crippen molar-refractivity contribution < 1.29 is 0 Å². The van der Waals surface area contributed by atoms with E-state index in [1.54, 1.807) is 6.20 Å². The summed E-state index contributed by atoms with van der Waals surface area (Å²) in [5, 5.41) is 5.00. The predicted octanol–water partition coefficient (Wildman–Crippen LogP) is 6.60. The van der Waals surface area contributed by atoms with Crippen molar-refractivity contribution in [2.24, 2.45) is 0 Å². The van der Waals surface area contributed by atoms with Gasteiger partial charge in [0.2, 0.25) is 0 Å². The Hall–Kier alpha value is -3.98. The number of nitrogens with one attached hydrogen (secondary N) is 1. The van der Waals surface area contributed by atoms with Gasteiger partial charge in [-0.3, -0.25) is 4.98 Å². The van der Waals surface area contributed by atoms with E-state index < -0.39 is 0 Å². The molecule has 3 heterocycles. The van der Waals surface area contributed by atoms with Gasteiger partial charge < -0.3 is 4.98 Å². The molecule has 0 aliphatic heterocycles. The molecule has 3 aromatic carbocycles. The summed E-state index contributed by atoms with van der Waals surface area (Å²) >= 11 is 0. The molecule has 3 aromatic heterocycles. The van der Waals surface area contributed by atoms with Crippen molar-refractivity contribution in [3.8, 4) is 22.6 Å². The SMILES string of the molecule is c1ccc(-c2cccc(-c3cccc4c3[nH]c3ccc5ccccc5c34)n2)nc1. The fourth-order valence-electron chi connectivity index (χ4n) is 4.15. The Morgan fingerprint density at radius 3 is 2.31 bits per heavy atom. The molecule has 0 fully saturated rings. The topological polar surface area (TPSA) is 41.6 Å². The second-order valence-corrected chi connectivity index (χ2v) is 7.19. The fourth-order valence-corrected chi connectivity index (χ4v) is 4.15. The van der Waals surface area contributed by atoms with Crippen LogP contribution in [0.5, 0.6) is 0 Å². The molecular weight excluding hydrogens is 354 g/mol. The molecule has 136 valence electrons. The normalized spacial score (nSPS) is 11.4. The minimum Gasteiger partial charge on any atom is -0.354 e. The van der Waals surface area contributed by atoms with Crippen LogP contribution in [0.1, 0.15) is 0 Å². The molecule has 29 heavy (non-hydrogen) atoms. The van der Waals surface area contributed by atoms with Crippen LogP contribution in [0.4, 0.5) is 0 Å². The molecule has 1 N–H and O–H groups in total. The lowest BCUT2D eigenvalue weighted by atomic mass is 10.0. The first-order chi connectivity index (χ1) is 14.4. The molecule has 0 saturated heterocycles. The Balaban J connectivity index is 1.62. The zero-order valence-corrected chi connectivity index (χ0v) is 15.6. The third-order valence-corrected chi connectivity index (χ3v) is 5.47. The maximum atomic E-state index is 4.91. The minimum absolute atomic E-state index is 0.877. The van der Waals surface area contributed by atoms with Gasteiger partial charge in [0.1, 0.15) is 0 Å². The second-order valence-electron chi connectivity index (χ2n) is 7.19. The van der Waals surface area contributed by atoms with E-state index in [4.69, 9.17) is 4.98 Å². The highest BCUT2D eigenvalue weighted by Gasteiger charge is 2.13. The molecule has 3 nitrogen and oxygen atoms in total. The zero-order chi connectivity index (χ0) is 19.2. The fraction of sp³-hybridized carbons (Fsp3) is 0. The van der Waals surface area contributed by atoms with E-state index in [1.165, 1.54) is 21.5 Å². The summed E-state index contributed by atoms with van der Waals surface area (Å²) in [5.41, 5.74) is 6.05. The van der Waals surface area contributed by atoms with E-state index in [0.717, 1.165) is 33.7 Å². The highest BCUT2D eigenvalue weighted by Crippen LogP contribution is 2.36. The summed E-state index contributed by atoms with van der Waals surface area (Å²) < 4.78 is 0. The summed E-state index contributed by atoms with van der Waals surface area (Å²) in [6.07, 6.45) is 1.80. The molecule has 0 aliphatic carbocycles. The molecule has 0 radical (unpaired) electrons. The molecule has 0 aliphatic rings. The van der Waals surface area contributed by atoms with Gasteiger partial charge >= 0.3 is 0 Å². The van der Waals surface area contributed by atoms with Crippen LogP contribution in [0, 0.1) is 0 Å². The maximum absolute atomic E-state index is 4.91. The van der Waals surface area contributed by atoms with E-state index in [0.29, 0.717) is 0 Å². The number of benzene rings is 3. The lowest BCUT2D eigenvalue weighted by molar-refractivity contribution is 1.25. The van der Waals surface area contributed by atoms with E-state index in [-0.39, 0.29) is 0 Å². The van der Waals surface area contributed by atoms with Gasteiger partial charge in [0.05, 0.1) is 22.6 Å². The Morgan fingerprint density at radius 2 is 1.38 bits per heavy atom. The average Bonchev–Trinajstić information content (AvgIpc) is 3.19. The molecule has 0 saturated carbocycles. The molecule has 0 unspecified atom stereocenters. The van der Waals surface area contributed by atoms with Crippen molar-refractivity contribution in [1.82, 2.24) is 15.0 Å². The Bertz CT molecular complexity index is 1500. The third-order valence-electron chi connectivity index (χ3n) is 5.47. The molecular formula is C26H17N3. The van der Waals surface area contributed by atoms with Crippen LogP contribution in [0.3, 0.4) is 0 Å². The van der Waals surface area contributed by atoms with Crippen molar-refractivity contribution in [2.75, 3.05) is 0 Å². The smallest absolute Gasteiger partial charge is 0.0893 e. The van der Waals surface area contributed by atoms with E-state index in [2.05, 4.69) is 70.6 Å². The first-order valence-electron chi connectivity index (χ1n) is 9.69. The number of rotatable bonds is 2. The van der Waals surface area contributed by atoms with Crippen LogP contribution in [-0.2, 0) is 0 Å². The summed E-state index contributed by atoms with van der Waals surface area (Å²) in [6, 6.07) is 31.3. The lowest BCUT2D eigenvalue weighted by Gasteiger charge is -2.06. The monoisotopic (exact) mass is 371 g/mol. The van der Waals surface area contributed by atoms with E-state index in [1.807, 2.05) is 30.3 Å². The molecule has 3 heteroatoms. The molecule has 6 aromatic rings. The van der Waals surface area contributed by atoms with Gasteiger partial charge in [0, 0.05) is 28.0 Å². The number of aromatic amines is 1. The van der Waals surface area contributed by atoms with Crippen molar-refractivity contribution >= 4 is 32.6 Å². The van der Waals surface area contributed by atoms with Crippen LogP contribution in [-0.4, -0.2) is 15.0 Å². The van der Waals surface area contributed by atoms with Crippen LogP contribution in [0.2, 0.25) is 0 Å². The summed E-state index contributed by atoms with van der Waals surface area (Å²) in [5.74, 6) is 0. The number of fused-ring (bicyclic) bond motifs is 5. The summed E-state index contributed by atoms with van der Waals surface area (Å²) in [4.78, 5) is 13.0. The number of nitrogens with zero attached hydrogens (tertiary/aromatic N) is 2. The molecule has 0 atom stereocenters. The first-order valence-corrected chi connectivity index (χ1v) is 9.69. The molecule has 0 bridgehead atoms. The number of hydrogen-bond donors (Lipinski definition) is 1. The van der Waals surface area contributed by atoms with Gasteiger partial charge in [0.15, 0.2) is 0 Å².